The summed E-state index contributed by atoms with van der Waals surface area (Å²) in [6.45, 7) is 6.67. The van der Waals surface area contributed by atoms with Crippen molar-refractivity contribution in [3.63, 3.8) is 0 Å². The van der Waals surface area contributed by atoms with E-state index >= 15 is 0 Å². The predicted octanol–water partition coefficient (Wildman–Crippen LogP) is 2.97. The van der Waals surface area contributed by atoms with Crippen molar-refractivity contribution in [2.24, 2.45) is 0 Å². The molecule has 0 aliphatic carbocycles. The highest BCUT2D eigenvalue weighted by Gasteiger charge is 2.30. The van der Waals surface area contributed by atoms with Gasteiger partial charge in [0, 0.05) is 24.9 Å². The summed E-state index contributed by atoms with van der Waals surface area (Å²) in [6, 6.07) is 6.38. The minimum absolute atomic E-state index is 0.0881. The number of nitrogens with one attached hydrogen (secondary N) is 1. The van der Waals surface area contributed by atoms with E-state index in [0.717, 1.165) is 12.0 Å². The molecule has 0 radical (unpaired) electrons. The van der Waals surface area contributed by atoms with Gasteiger partial charge < -0.3 is 9.88 Å². The van der Waals surface area contributed by atoms with Crippen molar-refractivity contribution in [1.82, 2.24) is 14.9 Å². The highest BCUT2D eigenvalue weighted by molar-refractivity contribution is 5.95. The number of aromatic nitrogens is 2. The van der Waals surface area contributed by atoms with Gasteiger partial charge in [0.25, 0.3) is 11.5 Å². The van der Waals surface area contributed by atoms with E-state index in [9.17, 15) is 14.0 Å². The number of hydrogen-bond donors (Lipinski definition) is 1. The number of carbonyl (C=O) groups is 1. The molecule has 6 heteroatoms. The van der Waals surface area contributed by atoms with Crippen LogP contribution >= 0.6 is 0 Å². The fraction of sp³-hybridized carbons (Fsp3) is 0.421. The first-order chi connectivity index (χ1) is 11.9. The maximum atomic E-state index is 13.1. The molecule has 25 heavy (non-hydrogen) atoms. The Morgan fingerprint density at radius 2 is 2.00 bits per heavy atom. The SMILES string of the molecule is Cc1nc(C(C)C)[nH]c(=O)c1C(=O)N1CCC(c2ccc(F)cc2)C1. The summed E-state index contributed by atoms with van der Waals surface area (Å²) in [5.74, 6) is 0.279. The minimum Gasteiger partial charge on any atom is -0.338 e. The first-order valence-electron chi connectivity index (χ1n) is 8.52. The fourth-order valence-corrected chi connectivity index (χ4v) is 3.24. The molecule has 0 saturated carbocycles. The summed E-state index contributed by atoms with van der Waals surface area (Å²) < 4.78 is 13.1. The molecule has 1 saturated heterocycles. The Hall–Kier alpha value is -2.50. The molecule has 1 amide bonds. The van der Waals surface area contributed by atoms with Crippen LogP contribution in [-0.4, -0.2) is 33.9 Å². The Morgan fingerprint density at radius 1 is 1.32 bits per heavy atom. The molecular formula is C19H22FN3O2. The zero-order valence-electron chi connectivity index (χ0n) is 14.7. The van der Waals surface area contributed by atoms with Gasteiger partial charge in [0.2, 0.25) is 0 Å². The Balaban J connectivity index is 1.81. The molecule has 1 aliphatic rings. The van der Waals surface area contributed by atoms with Gasteiger partial charge in [-0.05, 0) is 31.0 Å². The summed E-state index contributed by atoms with van der Waals surface area (Å²) in [6.07, 6.45) is 0.797. The van der Waals surface area contributed by atoms with Crippen LogP contribution in [-0.2, 0) is 0 Å². The zero-order chi connectivity index (χ0) is 18.1. The van der Waals surface area contributed by atoms with Gasteiger partial charge in [-0.1, -0.05) is 26.0 Å². The van der Waals surface area contributed by atoms with Crippen molar-refractivity contribution in [1.29, 1.82) is 0 Å². The lowest BCUT2D eigenvalue weighted by molar-refractivity contribution is 0.0787. The van der Waals surface area contributed by atoms with Crippen molar-refractivity contribution in [3.8, 4) is 0 Å². The summed E-state index contributed by atoms with van der Waals surface area (Å²) >= 11 is 0. The Kier molecular flexibility index (Phi) is 4.70. The van der Waals surface area contributed by atoms with Crippen LogP contribution in [0.25, 0.3) is 0 Å². The van der Waals surface area contributed by atoms with Crippen molar-refractivity contribution >= 4 is 5.91 Å². The standard InChI is InChI=1S/C19H22FN3O2/c1-11(2)17-21-12(3)16(18(24)22-17)19(25)23-9-8-14(10-23)13-4-6-15(20)7-5-13/h4-7,11,14H,8-10H2,1-3H3,(H,21,22,24). The van der Waals surface area contributed by atoms with Gasteiger partial charge >= 0.3 is 0 Å². The van der Waals surface area contributed by atoms with Crippen LogP contribution in [0.1, 0.15) is 59.5 Å². The molecule has 1 aliphatic heterocycles. The maximum Gasteiger partial charge on any atom is 0.264 e. The van der Waals surface area contributed by atoms with E-state index in [1.165, 1.54) is 12.1 Å². The van der Waals surface area contributed by atoms with Gasteiger partial charge in [-0.25, -0.2) is 9.37 Å². The number of carbonyl (C=O) groups excluding carboxylic acids is 1. The number of amides is 1. The average molecular weight is 343 g/mol. The van der Waals surface area contributed by atoms with Gasteiger partial charge in [-0.3, -0.25) is 9.59 Å². The third-order valence-corrected chi connectivity index (χ3v) is 4.70. The number of hydrogen-bond acceptors (Lipinski definition) is 3. The van der Waals surface area contributed by atoms with E-state index < -0.39 is 0 Å². The molecule has 0 spiro atoms. The summed E-state index contributed by atoms with van der Waals surface area (Å²) in [5, 5.41) is 0. The second-order valence-corrected chi connectivity index (χ2v) is 6.85. The Bertz CT molecular complexity index is 843. The van der Waals surface area contributed by atoms with Crippen LogP contribution < -0.4 is 5.56 Å². The van der Waals surface area contributed by atoms with Crippen molar-refractivity contribution in [2.75, 3.05) is 13.1 Å². The van der Waals surface area contributed by atoms with Crippen LogP contribution in [0.15, 0.2) is 29.1 Å². The second-order valence-electron chi connectivity index (χ2n) is 6.85. The molecule has 1 aromatic heterocycles. The van der Waals surface area contributed by atoms with Gasteiger partial charge in [-0.2, -0.15) is 0 Å². The van der Waals surface area contributed by atoms with Crippen molar-refractivity contribution in [3.05, 3.63) is 63.1 Å². The number of H-pyrrole nitrogens is 1. The molecule has 2 aromatic rings. The number of likely N-dealkylation sites (tertiary alicyclic amines) is 1. The fourth-order valence-electron chi connectivity index (χ4n) is 3.24. The zero-order valence-corrected chi connectivity index (χ0v) is 14.7. The lowest BCUT2D eigenvalue weighted by Gasteiger charge is -2.18. The highest BCUT2D eigenvalue weighted by atomic mass is 19.1. The number of halogens is 1. The minimum atomic E-state index is -0.383. The van der Waals surface area contributed by atoms with E-state index in [1.807, 2.05) is 13.8 Å². The highest BCUT2D eigenvalue weighted by Crippen LogP contribution is 2.28. The molecule has 2 heterocycles. The van der Waals surface area contributed by atoms with Crippen molar-refractivity contribution in [2.45, 2.75) is 39.0 Å². The largest absolute Gasteiger partial charge is 0.338 e. The molecule has 5 nitrogen and oxygen atoms in total. The van der Waals surface area contributed by atoms with E-state index in [4.69, 9.17) is 0 Å². The smallest absolute Gasteiger partial charge is 0.264 e. The molecule has 1 N–H and O–H groups in total. The van der Waals surface area contributed by atoms with E-state index in [2.05, 4.69) is 9.97 Å². The third-order valence-electron chi connectivity index (χ3n) is 4.70. The lowest BCUT2D eigenvalue weighted by Crippen LogP contribution is -2.35. The number of nitrogens with zero attached hydrogens (tertiary/aromatic N) is 2. The number of rotatable bonds is 3. The predicted molar refractivity (Wildman–Crippen MR) is 93.3 cm³/mol. The van der Waals surface area contributed by atoms with E-state index in [-0.39, 0.29) is 34.7 Å². The van der Waals surface area contributed by atoms with Gasteiger partial charge in [-0.15, -0.1) is 0 Å². The molecule has 1 aromatic carbocycles. The molecule has 132 valence electrons. The average Bonchev–Trinajstić information content (AvgIpc) is 3.04. The van der Waals surface area contributed by atoms with E-state index in [0.29, 0.717) is 24.6 Å². The number of aromatic amines is 1. The molecular weight excluding hydrogens is 321 g/mol. The van der Waals surface area contributed by atoms with E-state index in [1.54, 1.807) is 24.0 Å². The maximum absolute atomic E-state index is 13.1. The summed E-state index contributed by atoms with van der Waals surface area (Å²) in [4.78, 5) is 33.9. The molecule has 1 fully saturated rings. The molecule has 3 rings (SSSR count). The molecule has 0 bridgehead atoms. The van der Waals surface area contributed by atoms with Crippen LogP contribution in [0.5, 0.6) is 0 Å². The third kappa shape index (κ3) is 3.48. The first kappa shape index (κ1) is 17.3. The molecule has 1 unspecified atom stereocenters. The summed E-state index contributed by atoms with van der Waals surface area (Å²) in [7, 11) is 0. The van der Waals surface area contributed by atoms with Gasteiger partial charge in [0.05, 0.1) is 5.69 Å². The topological polar surface area (TPSA) is 66.1 Å². The number of aryl methyl sites for hydroxylation is 1. The normalized spacial score (nSPS) is 17.3. The lowest BCUT2D eigenvalue weighted by atomic mass is 9.98. The van der Waals surface area contributed by atoms with Crippen LogP contribution in [0.3, 0.4) is 0 Å². The van der Waals surface area contributed by atoms with Crippen LogP contribution in [0.2, 0.25) is 0 Å². The van der Waals surface area contributed by atoms with Crippen molar-refractivity contribution < 1.29 is 9.18 Å². The monoisotopic (exact) mass is 343 g/mol. The Labute approximate surface area is 145 Å². The summed E-state index contributed by atoms with van der Waals surface area (Å²) in [5.41, 5.74) is 1.20. The van der Waals surface area contributed by atoms with Crippen LogP contribution in [0, 0.1) is 12.7 Å². The quantitative estimate of drug-likeness (QED) is 0.932. The number of benzene rings is 1. The second kappa shape index (κ2) is 6.78. The van der Waals surface area contributed by atoms with Crippen LogP contribution in [0.4, 0.5) is 4.39 Å². The van der Waals surface area contributed by atoms with Gasteiger partial charge in [0.1, 0.15) is 17.2 Å². The molecule has 1 atom stereocenters. The first-order valence-corrected chi connectivity index (χ1v) is 8.52. The Morgan fingerprint density at radius 3 is 2.60 bits per heavy atom. The van der Waals surface area contributed by atoms with Gasteiger partial charge in [0.15, 0.2) is 0 Å².